The van der Waals surface area contributed by atoms with Crippen molar-refractivity contribution in [1.82, 2.24) is 14.8 Å². The largest absolute Gasteiger partial charge is 0.384 e. The van der Waals surface area contributed by atoms with Crippen LogP contribution < -0.4 is 11.2 Å². The van der Waals surface area contributed by atoms with Crippen LogP contribution in [0.2, 0.25) is 0 Å². The molecule has 0 aliphatic heterocycles. The smallest absolute Gasteiger partial charge is 0.207 e. The van der Waals surface area contributed by atoms with Gasteiger partial charge in [-0.3, -0.25) is 9.48 Å². The maximum Gasteiger partial charge on any atom is 0.207 e. The standard InChI is InChI=1S/C14H12N4O/c15-14-6-5-10(7-16-14)9-18-12-4-2-1-3-11(12)13(19)8-17-18/h1-8H,9H2,(H2,15,16). The normalized spacial score (nSPS) is 10.7. The van der Waals surface area contributed by atoms with E-state index < -0.39 is 0 Å². The number of nitrogens with zero attached hydrogens (tertiary/aromatic N) is 3. The zero-order valence-corrected chi connectivity index (χ0v) is 10.2. The Labute approximate surface area is 109 Å². The van der Waals surface area contributed by atoms with E-state index >= 15 is 0 Å². The van der Waals surface area contributed by atoms with Crippen molar-refractivity contribution in [2.45, 2.75) is 6.54 Å². The molecule has 0 aliphatic rings. The molecule has 2 heterocycles. The van der Waals surface area contributed by atoms with E-state index in [4.69, 9.17) is 5.73 Å². The highest BCUT2D eigenvalue weighted by molar-refractivity contribution is 5.77. The molecule has 0 amide bonds. The molecule has 5 nitrogen and oxygen atoms in total. The molecule has 0 atom stereocenters. The van der Waals surface area contributed by atoms with Gasteiger partial charge in [0.2, 0.25) is 5.43 Å². The molecule has 0 saturated carbocycles. The summed E-state index contributed by atoms with van der Waals surface area (Å²) in [5, 5.41) is 4.84. The predicted molar refractivity (Wildman–Crippen MR) is 73.8 cm³/mol. The summed E-state index contributed by atoms with van der Waals surface area (Å²) in [6.45, 7) is 0.550. The summed E-state index contributed by atoms with van der Waals surface area (Å²) in [5.41, 5.74) is 7.28. The lowest BCUT2D eigenvalue weighted by atomic mass is 10.2. The SMILES string of the molecule is Nc1ccc(Cn2ncc(=O)c3ccccc32)cn1. The molecule has 0 radical (unpaired) electrons. The first-order valence-electron chi connectivity index (χ1n) is 5.89. The first-order valence-corrected chi connectivity index (χ1v) is 5.89. The molecular weight excluding hydrogens is 240 g/mol. The highest BCUT2D eigenvalue weighted by atomic mass is 16.1. The molecule has 5 heteroatoms. The summed E-state index contributed by atoms with van der Waals surface area (Å²) in [7, 11) is 0. The fourth-order valence-electron chi connectivity index (χ4n) is 1.99. The second-order valence-corrected chi connectivity index (χ2v) is 4.27. The lowest BCUT2D eigenvalue weighted by Crippen LogP contribution is -2.13. The Morgan fingerprint density at radius 2 is 1.95 bits per heavy atom. The average molecular weight is 252 g/mol. The van der Waals surface area contributed by atoms with Crippen LogP contribution in [0.1, 0.15) is 5.56 Å². The third-order valence-corrected chi connectivity index (χ3v) is 2.94. The molecule has 2 N–H and O–H groups in total. The molecule has 0 aliphatic carbocycles. The Bertz CT molecular complexity index is 777. The number of nitrogen functional groups attached to an aromatic ring is 1. The number of hydrogen-bond donors (Lipinski definition) is 1. The lowest BCUT2D eigenvalue weighted by molar-refractivity contribution is 0.693. The zero-order chi connectivity index (χ0) is 13.2. The van der Waals surface area contributed by atoms with Crippen molar-refractivity contribution in [3.63, 3.8) is 0 Å². The maximum absolute atomic E-state index is 11.7. The van der Waals surface area contributed by atoms with Gasteiger partial charge in [-0.05, 0) is 23.8 Å². The Hall–Kier alpha value is -2.69. The summed E-state index contributed by atoms with van der Waals surface area (Å²) < 4.78 is 1.78. The molecule has 0 bridgehead atoms. The summed E-state index contributed by atoms with van der Waals surface area (Å²) in [6, 6.07) is 11.1. The monoisotopic (exact) mass is 252 g/mol. The molecule has 19 heavy (non-hydrogen) atoms. The second kappa shape index (κ2) is 4.53. The number of rotatable bonds is 2. The number of aromatic nitrogens is 3. The Morgan fingerprint density at radius 1 is 1.11 bits per heavy atom. The van der Waals surface area contributed by atoms with Crippen molar-refractivity contribution < 1.29 is 0 Å². The summed E-state index contributed by atoms with van der Waals surface area (Å²) in [6.07, 6.45) is 3.05. The molecule has 0 unspecified atom stereocenters. The van der Waals surface area contributed by atoms with Crippen LogP contribution in [-0.4, -0.2) is 14.8 Å². The molecule has 3 rings (SSSR count). The molecule has 1 aromatic carbocycles. The summed E-state index contributed by atoms with van der Waals surface area (Å²) in [5.74, 6) is 0.487. The van der Waals surface area contributed by atoms with Gasteiger partial charge in [0, 0.05) is 11.6 Å². The van der Waals surface area contributed by atoms with Gasteiger partial charge in [0.25, 0.3) is 0 Å². The van der Waals surface area contributed by atoms with Crippen LogP contribution in [0.5, 0.6) is 0 Å². The van der Waals surface area contributed by atoms with Gasteiger partial charge in [-0.1, -0.05) is 18.2 Å². The van der Waals surface area contributed by atoms with Crippen molar-refractivity contribution in [2.75, 3.05) is 5.73 Å². The van der Waals surface area contributed by atoms with E-state index in [-0.39, 0.29) is 5.43 Å². The fraction of sp³-hybridized carbons (Fsp3) is 0.0714. The lowest BCUT2D eigenvalue weighted by Gasteiger charge is -2.08. The van der Waals surface area contributed by atoms with E-state index in [0.717, 1.165) is 11.1 Å². The highest BCUT2D eigenvalue weighted by Crippen LogP contribution is 2.10. The van der Waals surface area contributed by atoms with Crippen LogP contribution in [0.15, 0.2) is 53.6 Å². The maximum atomic E-state index is 11.7. The minimum Gasteiger partial charge on any atom is -0.384 e. The van der Waals surface area contributed by atoms with Crippen molar-refractivity contribution in [2.24, 2.45) is 0 Å². The van der Waals surface area contributed by atoms with Crippen molar-refractivity contribution in [3.8, 4) is 0 Å². The van der Waals surface area contributed by atoms with Gasteiger partial charge >= 0.3 is 0 Å². The van der Waals surface area contributed by atoms with Crippen LogP contribution in [0, 0.1) is 0 Å². The number of benzene rings is 1. The van der Waals surface area contributed by atoms with Gasteiger partial charge in [0.15, 0.2) is 0 Å². The number of hydrogen-bond acceptors (Lipinski definition) is 4. The van der Waals surface area contributed by atoms with E-state index in [2.05, 4.69) is 10.1 Å². The Morgan fingerprint density at radius 3 is 2.74 bits per heavy atom. The average Bonchev–Trinajstić information content (AvgIpc) is 2.45. The fourth-order valence-corrected chi connectivity index (χ4v) is 1.99. The third kappa shape index (κ3) is 2.18. The number of nitrogens with two attached hydrogens (primary N) is 1. The van der Waals surface area contributed by atoms with Gasteiger partial charge < -0.3 is 5.73 Å². The van der Waals surface area contributed by atoms with E-state index in [0.29, 0.717) is 17.7 Å². The van der Waals surface area contributed by atoms with Crippen LogP contribution in [0.4, 0.5) is 5.82 Å². The molecule has 2 aromatic heterocycles. The first kappa shape index (κ1) is 11.4. The van der Waals surface area contributed by atoms with Gasteiger partial charge in [0.1, 0.15) is 5.82 Å². The first-order chi connectivity index (χ1) is 9.24. The minimum atomic E-state index is -0.0673. The minimum absolute atomic E-state index is 0.0673. The van der Waals surface area contributed by atoms with Gasteiger partial charge in [0.05, 0.1) is 18.3 Å². The van der Waals surface area contributed by atoms with Crippen LogP contribution in [-0.2, 0) is 6.54 Å². The second-order valence-electron chi connectivity index (χ2n) is 4.27. The molecule has 94 valence electrons. The van der Waals surface area contributed by atoms with E-state index in [1.165, 1.54) is 6.20 Å². The number of fused-ring (bicyclic) bond motifs is 1. The highest BCUT2D eigenvalue weighted by Gasteiger charge is 2.04. The molecular formula is C14H12N4O. The molecule has 0 fully saturated rings. The van der Waals surface area contributed by atoms with E-state index in [1.807, 2.05) is 24.3 Å². The van der Waals surface area contributed by atoms with Crippen molar-refractivity contribution >= 4 is 16.7 Å². The predicted octanol–water partition coefficient (Wildman–Crippen LogP) is 1.42. The van der Waals surface area contributed by atoms with E-state index in [9.17, 15) is 4.79 Å². The van der Waals surface area contributed by atoms with E-state index in [1.54, 1.807) is 23.0 Å². The molecule has 0 spiro atoms. The van der Waals surface area contributed by atoms with Crippen molar-refractivity contribution in [1.29, 1.82) is 0 Å². The summed E-state index contributed by atoms with van der Waals surface area (Å²) in [4.78, 5) is 15.8. The quantitative estimate of drug-likeness (QED) is 0.748. The third-order valence-electron chi connectivity index (χ3n) is 2.94. The molecule has 3 aromatic rings. The Kier molecular flexibility index (Phi) is 2.72. The number of para-hydroxylation sites is 1. The van der Waals surface area contributed by atoms with Crippen LogP contribution in [0.3, 0.4) is 0 Å². The van der Waals surface area contributed by atoms with Gasteiger partial charge in [-0.2, -0.15) is 5.10 Å². The Balaban J connectivity index is 2.08. The number of pyridine rings is 1. The topological polar surface area (TPSA) is 73.8 Å². The summed E-state index contributed by atoms with van der Waals surface area (Å²) >= 11 is 0. The van der Waals surface area contributed by atoms with Crippen LogP contribution >= 0.6 is 0 Å². The van der Waals surface area contributed by atoms with Gasteiger partial charge in [-0.25, -0.2) is 4.98 Å². The van der Waals surface area contributed by atoms with Gasteiger partial charge in [-0.15, -0.1) is 0 Å². The van der Waals surface area contributed by atoms with Crippen molar-refractivity contribution in [3.05, 3.63) is 64.6 Å². The van der Waals surface area contributed by atoms with Crippen LogP contribution in [0.25, 0.3) is 10.9 Å². The molecule has 0 saturated heterocycles. The number of anilines is 1. The zero-order valence-electron chi connectivity index (χ0n) is 10.2.